The molecule has 0 radical (unpaired) electrons. The molecule has 0 aromatic carbocycles. The first-order chi connectivity index (χ1) is 9.56. The minimum Gasteiger partial charge on any atom is -0.325 e. The molecule has 1 N–H and O–H groups in total. The highest BCUT2D eigenvalue weighted by molar-refractivity contribution is 7.11. The molecule has 1 aromatic rings. The molecule has 2 aliphatic rings. The zero-order chi connectivity index (χ0) is 14.3. The smallest absolute Gasteiger partial charge is 0.252 e. The van der Waals surface area contributed by atoms with Crippen molar-refractivity contribution in [1.82, 2.24) is 5.32 Å². The Kier molecular flexibility index (Phi) is 3.02. The summed E-state index contributed by atoms with van der Waals surface area (Å²) in [6.07, 6.45) is 5.20. The zero-order valence-corrected chi connectivity index (χ0v) is 11.6. The van der Waals surface area contributed by atoms with E-state index in [1.165, 1.54) is 6.08 Å². The second kappa shape index (κ2) is 4.72. The Morgan fingerprint density at radius 3 is 2.95 bits per heavy atom. The van der Waals surface area contributed by atoms with E-state index in [0.717, 1.165) is 16.1 Å². The van der Waals surface area contributed by atoms with Gasteiger partial charge in [-0.05, 0) is 36.1 Å². The fraction of sp³-hybridized carbons (Fsp3) is 0.214. The van der Waals surface area contributed by atoms with Crippen LogP contribution in [0.3, 0.4) is 0 Å². The van der Waals surface area contributed by atoms with Crippen LogP contribution in [0.1, 0.15) is 16.9 Å². The number of fused-ring (bicyclic) bond motifs is 1. The number of hydrogen-bond donors (Lipinski definition) is 1. The first kappa shape index (κ1) is 12.8. The number of nitrogens with one attached hydrogen (secondary N) is 1. The molecule has 2 heterocycles. The molecule has 1 aliphatic carbocycles. The predicted molar refractivity (Wildman–Crippen MR) is 76.4 cm³/mol. The van der Waals surface area contributed by atoms with Gasteiger partial charge in [-0.1, -0.05) is 0 Å². The quantitative estimate of drug-likeness (QED) is 0.516. The van der Waals surface area contributed by atoms with Crippen LogP contribution in [0, 0.1) is 23.0 Å². The van der Waals surface area contributed by atoms with Crippen LogP contribution in [0.4, 0.5) is 0 Å². The van der Waals surface area contributed by atoms with E-state index in [1.807, 2.05) is 24.4 Å². The van der Waals surface area contributed by atoms with E-state index < -0.39 is 0 Å². The molecule has 5 nitrogen and oxygen atoms in total. The van der Waals surface area contributed by atoms with Gasteiger partial charge in [-0.2, -0.15) is 0 Å². The molecule has 1 aromatic heterocycles. The van der Waals surface area contributed by atoms with E-state index in [1.54, 1.807) is 17.4 Å². The molecular weight excluding hydrogens is 276 g/mol. The Morgan fingerprint density at radius 1 is 1.50 bits per heavy atom. The van der Waals surface area contributed by atoms with Crippen LogP contribution in [0.15, 0.2) is 40.6 Å². The molecule has 1 atom stereocenters. The summed E-state index contributed by atoms with van der Waals surface area (Å²) in [7, 11) is 0. The second-order valence-electron chi connectivity index (χ2n) is 4.82. The lowest BCUT2D eigenvalue weighted by Crippen LogP contribution is -2.15. The van der Waals surface area contributed by atoms with E-state index in [-0.39, 0.29) is 28.9 Å². The number of aryl methyl sites for hydroxylation is 1. The second-order valence-corrected chi connectivity index (χ2v) is 5.76. The molecular formula is C14H12N2O3S. The Balaban J connectivity index is 1.98. The van der Waals surface area contributed by atoms with Crippen LogP contribution < -0.4 is 5.32 Å². The summed E-state index contributed by atoms with van der Waals surface area (Å²) in [6.45, 7) is 1.98. The summed E-state index contributed by atoms with van der Waals surface area (Å²) < 4.78 is 0. The monoisotopic (exact) mass is 288 g/mol. The SMILES string of the molecule is Cc1ccsc1C=C1C(=O)NC2=CC=C([N+](=O)[O-])CC21. The van der Waals surface area contributed by atoms with Gasteiger partial charge in [0.05, 0.1) is 11.3 Å². The van der Waals surface area contributed by atoms with Crippen LogP contribution in [-0.2, 0) is 4.79 Å². The van der Waals surface area contributed by atoms with Crippen molar-refractivity contribution in [2.24, 2.45) is 5.92 Å². The standard InChI is InChI=1S/C14H12N2O3S/c1-8-4-5-20-13(8)7-11-10-6-9(16(18)19)2-3-12(10)15-14(11)17/h2-5,7,10H,6H2,1H3,(H,15,17). The Hall–Kier alpha value is -2.21. The minimum atomic E-state index is -0.385. The Bertz CT molecular complexity index is 697. The lowest BCUT2D eigenvalue weighted by molar-refractivity contribution is -0.428. The molecule has 0 spiro atoms. The van der Waals surface area contributed by atoms with Crippen molar-refractivity contribution in [2.75, 3.05) is 0 Å². The zero-order valence-electron chi connectivity index (χ0n) is 10.8. The van der Waals surface area contributed by atoms with E-state index in [4.69, 9.17) is 0 Å². The number of thiophene rings is 1. The van der Waals surface area contributed by atoms with Gasteiger partial charge in [0.1, 0.15) is 0 Å². The van der Waals surface area contributed by atoms with E-state index in [2.05, 4.69) is 5.32 Å². The average Bonchev–Trinajstić information content (AvgIpc) is 2.94. The summed E-state index contributed by atoms with van der Waals surface area (Å²) in [4.78, 5) is 23.6. The summed E-state index contributed by atoms with van der Waals surface area (Å²) in [5, 5.41) is 15.6. The molecule has 0 saturated carbocycles. The van der Waals surface area contributed by atoms with Gasteiger partial charge in [0, 0.05) is 28.1 Å². The van der Waals surface area contributed by atoms with E-state index in [0.29, 0.717) is 5.57 Å². The topological polar surface area (TPSA) is 72.2 Å². The van der Waals surface area contributed by atoms with Crippen molar-refractivity contribution < 1.29 is 9.72 Å². The molecule has 1 fully saturated rings. The molecule has 1 aliphatic heterocycles. The number of carbonyl (C=O) groups excluding carboxylic acids is 1. The summed E-state index contributed by atoms with van der Waals surface area (Å²) in [5.41, 5.74) is 2.60. The van der Waals surface area contributed by atoms with Crippen LogP contribution in [0.2, 0.25) is 0 Å². The van der Waals surface area contributed by atoms with E-state index in [9.17, 15) is 14.9 Å². The largest absolute Gasteiger partial charge is 0.325 e. The lowest BCUT2D eigenvalue weighted by atomic mass is 9.90. The third-order valence-electron chi connectivity index (χ3n) is 3.56. The molecule has 102 valence electrons. The molecule has 1 unspecified atom stereocenters. The lowest BCUT2D eigenvalue weighted by Gasteiger charge is -2.13. The van der Waals surface area contributed by atoms with E-state index >= 15 is 0 Å². The van der Waals surface area contributed by atoms with Gasteiger partial charge in [0.2, 0.25) is 5.70 Å². The predicted octanol–water partition coefficient (Wildman–Crippen LogP) is 2.63. The van der Waals surface area contributed by atoms with Crippen LogP contribution >= 0.6 is 11.3 Å². The minimum absolute atomic E-state index is 0.143. The maximum Gasteiger partial charge on any atom is 0.252 e. The summed E-state index contributed by atoms with van der Waals surface area (Å²) in [5.74, 6) is -0.388. The Morgan fingerprint density at radius 2 is 2.30 bits per heavy atom. The molecule has 1 saturated heterocycles. The van der Waals surface area contributed by atoms with Crippen molar-refractivity contribution >= 4 is 23.3 Å². The van der Waals surface area contributed by atoms with Crippen molar-refractivity contribution in [3.63, 3.8) is 0 Å². The fourth-order valence-corrected chi connectivity index (χ4v) is 3.30. The highest BCUT2D eigenvalue weighted by Crippen LogP contribution is 2.36. The molecule has 0 bridgehead atoms. The van der Waals surface area contributed by atoms with Crippen molar-refractivity contribution in [2.45, 2.75) is 13.3 Å². The molecule has 1 amide bonds. The van der Waals surface area contributed by atoms with Crippen molar-refractivity contribution in [3.8, 4) is 0 Å². The van der Waals surface area contributed by atoms with Crippen molar-refractivity contribution in [3.05, 3.63) is 61.1 Å². The van der Waals surface area contributed by atoms with Gasteiger partial charge in [-0.3, -0.25) is 14.9 Å². The third-order valence-corrected chi connectivity index (χ3v) is 4.53. The third kappa shape index (κ3) is 2.08. The van der Waals surface area contributed by atoms with Gasteiger partial charge in [0.25, 0.3) is 5.91 Å². The van der Waals surface area contributed by atoms with Gasteiger partial charge in [-0.25, -0.2) is 0 Å². The normalized spacial score (nSPS) is 23.1. The fourth-order valence-electron chi connectivity index (χ4n) is 2.43. The molecule has 20 heavy (non-hydrogen) atoms. The number of nitrogens with zero attached hydrogens (tertiary/aromatic N) is 1. The summed E-state index contributed by atoms with van der Waals surface area (Å²) >= 11 is 1.56. The van der Waals surface area contributed by atoms with Crippen LogP contribution in [-0.4, -0.2) is 10.8 Å². The average molecular weight is 288 g/mol. The van der Waals surface area contributed by atoms with Gasteiger partial charge >= 0.3 is 0 Å². The maximum atomic E-state index is 12.0. The highest BCUT2D eigenvalue weighted by atomic mass is 32.1. The maximum absolute atomic E-state index is 12.0. The van der Waals surface area contributed by atoms with Gasteiger partial charge in [0.15, 0.2) is 0 Å². The van der Waals surface area contributed by atoms with Crippen LogP contribution in [0.25, 0.3) is 6.08 Å². The number of nitro groups is 1. The highest BCUT2D eigenvalue weighted by Gasteiger charge is 2.37. The van der Waals surface area contributed by atoms with Gasteiger partial charge in [-0.15, -0.1) is 11.3 Å². The number of rotatable bonds is 2. The van der Waals surface area contributed by atoms with Gasteiger partial charge < -0.3 is 5.32 Å². The Labute approximate surface area is 119 Å². The first-order valence-corrected chi connectivity index (χ1v) is 7.06. The first-order valence-electron chi connectivity index (χ1n) is 6.18. The number of carbonyl (C=O) groups is 1. The van der Waals surface area contributed by atoms with Crippen molar-refractivity contribution in [1.29, 1.82) is 0 Å². The van der Waals surface area contributed by atoms with Crippen LogP contribution in [0.5, 0.6) is 0 Å². The number of allylic oxidation sites excluding steroid dienone is 4. The number of hydrogen-bond acceptors (Lipinski definition) is 4. The molecule has 3 rings (SSSR count). The molecule has 6 heteroatoms. The summed E-state index contributed by atoms with van der Waals surface area (Å²) in [6, 6.07) is 1.99. The number of amides is 1.